The second-order valence-corrected chi connectivity index (χ2v) is 3.56. The van der Waals surface area contributed by atoms with Crippen molar-refractivity contribution in [2.45, 2.75) is 25.9 Å². The number of nitrogens with two attached hydrogens (primary N) is 1. The van der Waals surface area contributed by atoms with Crippen LogP contribution in [-0.2, 0) is 0 Å². The Morgan fingerprint density at radius 2 is 2.00 bits per heavy atom. The van der Waals surface area contributed by atoms with Crippen molar-refractivity contribution >= 4 is 5.69 Å². The highest BCUT2D eigenvalue weighted by molar-refractivity contribution is 5.56. The van der Waals surface area contributed by atoms with E-state index >= 15 is 0 Å². The molecule has 0 atom stereocenters. The third-order valence-electron chi connectivity index (χ3n) is 2.09. The molecular weight excluding hydrogens is 219 g/mol. The monoisotopic (exact) mass is 233 g/mol. The number of alkyl halides is 3. The zero-order valence-corrected chi connectivity index (χ0v) is 8.97. The predicted octanol–water partition coefficient (Wildman–Crippen LogP) is 3.30. The average molecular weight is 233 g/mol. The summed E-state index contributed by atoms with van der Waals surface area (Å²) in [5.41, 5.74) is 6.92. The second kappa shape index (κ2) is 5.09. The van der Waals surface area contributed by atoms with Gasteiger partial charge in [-0.05, 0) is 25.0 Å². The molecular formula is C11H14F3NO. The van der Waals surface area contributed by atoms with Gasteiger partial charge in [0.1, 0.15) is 5.75 Å². The molecule has 2 N–H and O–H groups in total. The molecule has 0 fully saturated rings. The summed E-state index contributed by atoms with van der Waals surface area (Å²) in [6, 6.07) is 5.23. The minimum Gasteiger partial charge on any atom is -0.491 e. The first kappa shape index (κ1) is 12.7. The second-order valence-electron chi connectivity index (χ2n) is 3.56. The zero-order chi connectivity index (χ0) is 12.2. The molecule has 0 heterocycles. The third-order valence-corrected chi connectivity index (χ3v) is 2.09. The van der Waals surface area contributed by atoms with Crippen LogP contribution >= 0.6 is 0 Å². The molecule has 1 aromatic carbocycles. The van der Waals surface area contributed by atoms with Crippen molar-refractivity contribution in [3.05, 3.63) is 23.8 Å². The van der Waals surface area contributed by atoms with Gasteiger partial charge >= 0.3 is 6.18 Å². The maximum atomic E-state index is 11.9. The van der Waals surface area contributed by atoms with E-state index < -0.39 is 12.6 Å². The number of hydrogen-bond acceptors (Lipinski definition) is 2. The van der Waals surface area contributed by atoms with Gasteiger partial charge in [-0.2, -0.15) is 13.2 Å². The maximum absolute atomic E-state index is 11.9. The molecule has 5 heteroatoms. The number of ether oxygens (including phenoxy) is 1. The zero-order valence-electron chi connectivity index (χ0n) is 8.97. The van der Waals surface area contributed by atoms with Gasteiger partial charge in [0.05, 0.1) is 12.3 Å². The van der Waals surface area contributed by atoms with Crippen LogP contribution in [0.1, 0.15) is 18.4 Å². The Morgan fingerprint density at radius 1 is 1.31 bits per heavy atom. The molecule has 0 spiro atoms. The van der Waals surface area contributed by atoms with Crippen molar-refractivity contribution in [2.75, 3.05) is 12.3 Å². The van der Waals surface area contributed by atoms with Gasteiger partial charge in [-0.25, -0.2) is 0 Å². The van der Waals surface area contributed by atoms with Crippen LogP contribution in [0.5, 0.6) is 5.75 Å². The number of para-hydroxylation sites is 1. The summed E-state index contributed by atoms with van der Waals surface area (Å²) in [6.45, 7) is 1.82. The highest BCUT2D eigenvalue weighted by Crippen LogP contribution is 2.26. The number of hydrogen-bond donors (Lipinski definition) is 1. The fraction of sp³-hybridized carbons (Fsp3) is 0.455. The fourth-order valence-corrected chi connectivity index (χ4v) is 1.32. The van der Waals surface area contributed by atoms with Gasteiger partial charge in [-0.15, -0.1) is 0 Å². The van der Waals surface area contributed by atoms with E-state index in [2.05, 4.69) is 0 Å². The first-order valence-corrected chi connectivity index (χ1v) is 4.95. The minimum atomic E-state index is -4.12. The Bertz CT molecular complexity index is 329. The van der Waals surface area contributed by atoms with Gasteiger partial charge in [0.15, 0.2) is 0 Å². The smallest absolute Gasteiger partial charge is 0.389 e. The van der Waals surface area contributed by atoms with E-state index in [9.17, 15) is 13.2 Å². The SMILES string of the molecule is Cc1cccc(N)c1OCCCC(F)(F)F. The van der Waals surface area contributed by atoms with Gasteiger partial charge in [0, 0.05) is 6.42 Å². The molecule has 0 aliphatic heterocycles. The van der Waals surface area contributed by atoms with Crippen LogP contribution in [0.2, 0.25) is 0 Å². The summed E-state index contributed by atoms with van der Waals surface area (Å²) in [4.78, 5) is 0. The average Bonchev–Trinajstić information content (AvgIpc) is 2.14. The molecule has 2 nitrogen and oxygen atoms in total. The highest BCUT2D eigenvalue weighted by Gasteiger charge is 2.26. The van der Waals surface area contributed by atoms with Gasteiger partial charge in [-0.1, -0.05) is 12.1 Å². The van der Waals surface area contributed by atoms with E-state index in [1.807, 2.05) is 0 Å². The van der Waals surface area contributed by atoms with Crippen LogP contribution in [0.3, 0.4) is 0 Å². The maximum Gasteiger partial charge on any atom is 0.389 e. The Morgan fingerprint density at radius 3 is 2.56 bits per heavy atom. The van der Waals surface area contributed by atoms with Crippen LogP contribution in [0, 0.1) is 6.92 Å². The Hall–Kier alpha value is -1.39. The lowest BCUT2D eigenvalue weighted by molar-refractivity contribution is -0.136. The van der Waals surface area contributed by atoms with E-state index in [0.717, 1.165) is 5.56 Å². The van der Waals surface area contributed by atoms with Crippen molar-refractivity contribution < 1.29 is 17.9 Å². The fourth-order valence-electron chi connectivity index (χ4n) is 1.32. The molecule has 0 aliphatic rings. The molecule has 0 aromatic heterocycles. The molecule has 1 rings (SSSR count). The van der Waals surface area contributed by atoms with E-state index in [4.69, 9.17) is 10.5 Å². The van der Waals surface area contributed by atoms with Crippen molar-refractivity contribution in [1.82, 2.24) is 0 Å². The van der Waals surface area contributed by atoms with Crippen LogP contribution in [0.25, 0.3) is 0 Å². The van der Waals surface area contributed by atoms with Crippen molar-refractivity contribution in [3.8, 4) is 5.75 Å². The summed E-state index contributed by atoms with van der Waals surface area (Å²) in [7, 11) is 0. The van der Waals surface area contributed by atoms with E-state index in [1.54, 1.807) is 25.1 Å². The van der Waals surface area contributed by atoms with Crippen molar-refractivity contribution in [1.29, 1.82) is 0 Å². The topological polar surface area (TPSA) is 35.2 Å². The quantitative estimate of drug-likeness (QED) is 0.639. The predicted molar refractivity (Wildman–Crippen MR) is 56.4 cm³/mol. The summed E-state index contributed by atoms with van der Waals surface area (Å²) in [6.07, 6.45) is -5.02. The number of aryl methyl sites for hydroxylation is 1. The number of benzene rings is 1. The van der Waals surface area contributed by atoms with Gasteiger partial charge in [0.2, 0.25) is 0 Å². The number of nitrogen functional groups attached to an aromatic ring is 1. The van der Waals surface area contributed by atoms with Crippen molar-refractivity contribution in [3.63, 3.8) is 0 Å². The molecule has 0 bridgehead atoms. The Balaban J connectivity index is 2.43. The molecule has 90 valence electrons. The summed E-state index contributed by atoms with van der Waals surface area (Å²) in [5.74, 6) is 0.477. The molecule has 0 radical (unpaired) electrons. The van der Waals surface area contributed by atoms with Gasteiger partial charge < -0.3 is 10.5 Å². The van der Waals surface area contributed by atoms with Gasteiger partial charge in [-0.3, -0.25) is 0 Å². The lowest BCUT2D eigenvalue weighted by atomic mass is 10.2. The number of rotatable bonds is 4. The molecule has 0 saturated heterocycles. The molecule has 16 heavy (non-hydrogen) atoms. The number of halogens is 3. The van der Waals surface area contributed by atoms with Crippen LogP contribution in [0.4, 0.5) is 18.9 Å². The van der Waals surface area contributed by atoms with E-state index in [1.165, 1.54) is 0 Å². The van der Waals surface area contributed by atoms with Crippen LogP contribution in [0.15, 0.2) is 18.2 Å². The van der Waals surface area contributed by atoms with Crippen LogP contribution in [-0.4, -0.2) is 12.8 Å². The normalized spacial score (nSPS) is 11.5. The van der Waals surface area contributed by atoms with Crippen LogP contribution < -0.4 is 10.5 Å². The van der Waals surface area contributed by atoms with E-state index in [0.29, 0.717) is 11.4 Å². The first-order valence-electron chi connectivity index (χ1n) is 4.95. The third kappa shape index (κ3) is 4.00. The first-order chi connectivity index (χ1) is 7.40. The van der Waals surface area contributed by atoms with Crippen molar-refractivity contribution in [2.24, 2.45) is 0 Å². The van der Waals surface area contributed by atoms with E-state index in [-0.39, 0.29) is 13.0 Å². The van der Waals surface area contributed by atoms with Gasteiger partial charge in [0.25, 0.3) is 0 Å². The standard InChI is InChI=1S/C11H14F3NO/c1-8-4-2-5-9(15)10(8)16-7-3-6-11(12,13)14/h2,4-5H,3,6-7,15H2,1H3. The summed E-state index contributed by atoms with van der Waals surface area (Å²) in [5, 5.41) is 0. The lowest BCUT2D eigenvalue weighted by Crippen LogP contribution is -2.10. The lowest BCUT2D eigenvalue weighted by Gasteiger charge is -2.12. The molecule has 0 aliphatic carbocycles. The summed E-state index contributed by atoms with van der Waals surface area (Å²) < 4.78 is 40.8. The molecule has 0 saturated carbocycles. The molecule has 0 amide bonds. The summed E-state index contributed by atoms with van der Waals surface area (Å²) >= 11 is 0. The largest absolute Gasteiger partial charge is 0.491 e. The highest BCUT2D eigenvalue weighted by atomic mass is 19.4. The Kier molecular flexibility index (Phi) is 4.04. The Labute approximate surface area is 92.2 Å². The molecule has 0 unspecified atom stereocenters. The molecule has 1 aromatic rings. The minimum absolute atomic E-state index is 0.0224. The number of anilines is 1.